The molecule has 1 unspecified atom stereocenters. The van der Waals surface area contributed by atoms with Crippen molar-refractivity contribution >= 4 is 22.6 Å². The van der Waals surface area contributed by atoms with Crippen LogP contribution in [0.25, 0.3) is 11.3 Å². The fraction of sp³-hybridized carbons (Fsp3) is 0.545. The molecule has 0 bridgehead atoms. The van der Waals surface area contributed by atoms with Crippen molar-refractivity contribution in [3.8, 4) is 0 Å². The summed E-state index contributed by atoms with van der Waals surface area (Å²) < 4.78 is 0. The molecule has 1 N–H and O–H groups in total. The van der Waals surface area contributed by atoms with Gasteiger partial charge in [0.25, 0.3) is 0 Å². The molecule has 3 aliphatic carbocycles. The lowest BCUT2D eigenvalue weighted by atomic mass is 9.84. The maximum absolute atomic E-state index is 4.28. The average molecular weight is 342 g/mol. The van der Waals surface area contributed by atoms with Crippen LogP contribution >= 0.6 is 11.3 Å². The van der Waals surface area contributed by atoms with E-state index in [0.717, 1.165) is 30.5 Å². The van der Waals surface area contributed by atoms with Gasteiger partial charge in [0.15, 0.2) is 0 Å². The summed E-state index contributed by atoms with van der Waals surface area (Å²) in [6.45, 7) is 17.8. The Labute approximate surface area is 151 Å². The normalized spacial score (nSPS) is 22.2. The monoisotopic (exact) mass is 341 g/mol. The quantitative estimate of drug-likeness (QED) is 0.628. The van der Waals surface area contributed by atoms with E-state index in [0.29, 0.717) is 5.92 Å². The van der Waals surface area contributed by atoms with E-state index in [-0.39, 0.29) is 0 Å². The Bertz CT molecular complexity index is 643. The molecule has 4 rings (SSSR count). The van der Waals surface area contributed by atoms with Crippen LogP contribution < -0.4 is 5.32 Å². The summed E-state index contributed by atoms with van der Waals surface area (Å²) >= 11 is 1.90. The molecule has 1 aromatic heterocycles. The number of hydrogen-bond acceptors (Lipinski definition) is 2. The molecule has 2 fully saturated rings. The van der Waals surface area contributed by atoms with Gasteiger partial charge >= 0.3 is 0 Å². The Morgan fingerprint density at radius 2 is 1.96 bits per heavy atom. The van der Waals surface area contributed by atoms with Gasteiger partial charge in [0.05, 0.1) is 0 Å². The molecule has 1 atom stereocenters. The van der Waals surface area contributed by atoms with E-state index in [1.165, 1.54) is 58.6 Å². The summed E-state index contributed by atoms with van der Waals surface area (Å²) in [7, 11) is 0. The fourth-order valence-corrected chi connectivity index (χ4v) is 4.60. The molecular weight excluding hydrogens is 310 g/mol. The molecule has 2 heteroatoms. The van der Waals surface area contributed by atoms with Crippen molar-refractivity contribution in [3.05, 3.63) is 46.7 Å². The highest BCUT2D eigenvalue weighted by molar-refractivity contribution is 7.13. The number of allylic oxidation sites excluding steroid dienone is 2. The second-order valence-electron chi connectivity index (χ2n) is 7.83. The number of nitrogens with one attached hydrogen (secondary N) is 1. The Hall–Kier alpha value is -1.28. The third-order valence-corrected chi connectivity index (χ3v) is 6.46. The van der Waals surface area contributed by atoms with Crippen molar-refractivity contribution in [3.63, 3.8) is 0 Å². The van der Waals surface area contributed by atoms with Crippen LogP contribution in [0, 0.1) is 24.7 Å². The number of hydrogen-bond donors (Lipinski definition) is 1. The molecule has 130 valence electrons. The van der Waals surface area contributed by atoms with Gasteiger partial charge in [-0.15, -0.1) is 17.9 Å². The Morgan fingerprint density at radius 3 is 2.50 bits per heavy atom. The number of aryl methyl sites for hydroxylation is 1. The molecule has 0 amide bonds. The largest absolute Gasteiger partial charge is 0.385 e. The standard InChI is InChI=1S/C17H23NS.C5H8/c1-10-7-11(2)17-15(8-10)16(13(4)19-17)12(3)18-9-14-5-6-14;1-2-5-3-4-5/h10,14,18H,2-3,5-9H2,1,4H3;2,5H,1,3-4H2. The first-order valence-corrected chi connectivity index (χ1v) is 10.2. The van der Waals surface area contributed by atoms with Gasteiger partial charge in [0.2, 0.25) is 0 Å². The van der Waals surface area contributed by atoms with Gasteiger partial charge in [-0.3, -0.25) is 0 Å². The second kappa shape index (κ2) is 7.31. The Morgan fingerprint density at radius 1 is 1.25 bits per heavy atom. The first-order valence-electron chi connectivity index (χ1n) is 9.35. The first kappa shape index (κ1) is 17.5. The Kier molecular flexibility index (Phi) is 5.34. The first-order chi connectivity index (χ1) is 11.5. The molecule has 0 saturated heterocycles. The van der Waals surface area contributed by atoms with Crippen LogP contribution in [0.15, 0.2) is 25.8 Å². The summed E-state index contributed by atoms with van der Waals surface area (Å²) in [6.07, 6.45) is 9.91. The fourth-order valence-electron chi connectivity index (χ4n) is 3.41. The molecule has 3 aliphatic rings. The van der Waals surface area contributed by atoms with Crippen molar-refractivity contribution in [2.75, 3.05) is 6.54 Å². The highest BCUT2D eigenvalue weighted by atomic mass is 32.1. The third-order valence-electron chi connectivity index (χ3n) is 5.21. The topological polar surface area (TPSA) is 12.0 Å². The van der Waals surface area contributed by atoms with Crippen molar-refractivity contribution in [2.24, 2.45) is 17.8 Å². The molecule has 1 nitrogen and oxygen atoms in total. The van der Waals surface area contributed by atoms with Crippen LogP contribution in [0.5, 0.6) is 0 Å². The van der Waals surface area contributed by atoms with Crippen LogP contribution in [-0.4, -0.2) is 6.54 Å². The predicted octanol–water partition coefficient (Wildman–Crippen LogP) is 6.20. The highest BCUT2D eigenvalue weighted by Gasteiger charge is 2.27. The van der Waals surface area contributed by atoms with E-state index in [1.807, 2.05) is 17.4 Å². The minimum Gasteiger partial charge on any atom is -0.385 e. The zero-order valence-corrected chi connectivity index (χ0v) is 16.1. The van der Waals surface area contributed by atoms with E-state index < -0.39 is 0 Å². The summed E-state index contributed by atoms with van der Waals surface area (Å²) in [5.41, 5.74) is 5.33. The van der Waals surface area contributed by atoms with Crippen molar-refractivity contribution in [1.82, 2.24) is 5.32 Å². The summed E-state index contributed by atoms with van der Waals surface area (Å²) in [5.74, 6) is 2.50. The van der Waals surface area contributed by atoms with Gasteiger partial charge in [-0.1, -0.05) is 26.2 Å². The SMILES string of the molecule is C=C1CC(C)Cc2c1sc(C)c2C(=C)NCC1CC1.C=CC1CC1. The number of rotatable bonds is 5. The van der Waals surface area contributed by atoms with Crippen LogP contribution in [0.1, 0.15) is 59.9 Å². The molecule has 2 saturated carbocycles. The van der Waals surface area contributed by atoms with Gasteiger partial charge in [-0.2, -0.15) is 0 Å². The molecule has 24 heavy (non-hydrogen) atoms. The highest BCUT2D eigenvalue weighted by Crippen LogP contribution is 2.43. The average Bonchev–Trinajstić information content (AvgIpc) is 3.44. The number of fused-ring (bicyclic) bond motifs is 1. The lowest BCUT2D eigenvalue weighted by Gasteiger charge is -2.22. The van der Waals surface area contributed by atoms with Crippen molar-refractivity contribution in [2.45, 2.75) is 52.4 Å². The van der Waals surface area contributed by atoms with Crippen molar-refractivity contribution < 1.29 is 0 Å². The lowest BCUT2D eigenvalue weighted by Crippen LogP contribution is -2.17. The van der Waals surface area contributed by atoms with Crippen LogP contribution in [0.3, 0.4) is 0 Å². The van der Waals surface area contributed by atoms with Crippen molar-refractivity contribution in [1.29, 1.82) is 0 Å². The Balaban J connectivity index is 0.000000290. The zero-order chi connectivity index (χ0) is 17.3. The molecule has 0 aliphatic heterocycles. The smallest absolute Gasteiger partial charge is 0.0355 e. The van der Waals surface area contributed by atoms with Crippen LogP contribution in [-0.2, 0) is 6.42 Å². The van der Waals surface area contributed by atoms with Gasteiger partial charge < -0.3 is 5.32 Å². The molecular formula is C22H31NS. The van der Waals surface area contributed by atoms with E-state index >= 15 is 0 Å². The maximum Gasteiger partial charge on any atom is 0.0355 e. The molecule has 1 aromatic rings. The second-order valence-corrected chi connectivity index (χ2v) is 9.06. The zero-order valence-electron chi connectivity index (χ0n) is 15.3. The molecule has 0 spiro atoms. The molecule has 1 heterocycles. The van der Waals surface area contributed by atoms with E-state index in [4.69, 9.17) is 0 Å². The van der Waals surface area contributed by atoms with E-state index in [2.05, 4.69) is 38.9 Å². The van der Waals surface area contributed by atoms with Gasteiger partial charge in [-0.25, -0.2) is 0 Å². The third kappa shape index (κ3) is 4.22. The summed E-state index contributed by atoms with van der Waals surface area (Å²) in [4.78, 5) is 2.83. The predicted molar refractivity (Wildman–Crippen MR) is 108 cm³/mol. The van der Waals surface area contributed by atoms with Gasteiger partial charge in [0, 0.05) is 27.6 Å². The molecule has 0 aromatic carbocycles. The van der Waals surface area contributed by atoms with E-state index in [9.17, 15) is 0 Å². The van der Waals surface area contributed by atoms with Crippen LogP contribution in [0.2, 0.25) is 0 Å². The van der Waals surface area contributed by atoms with Crippen LogP contribution in [0.4, 0.5) is 0 Å². The van der Waals surface area contributed by atoms with E-state index in [1.54, 1.807) is 0 Å². The summed E-state index contributed by atoms with van der Waals surface area (Å²) in [6, 6.07) is 0. The minimum atomic E-state index is 0.712. The lowest BCUT2D eigenvalue weighted by molar-refractivity contribution is 0.584. The molecule has 0 radical (unpaired) electrons. The minimum absolute atomic E-state index is 0.712. The number of thiophene rings is 1. The van der Waals surface area contributed by atoms with Gasteiger partial charge in [0.1, 0.15) is 0 Å². The summed E-state index contributed by atoms with van der Waals surface area (Å²) in [5, 5.41) is 3.55. The maximum atomic E-state index is 4.28. The van der Waals surface area contributed by atoms with Gasteiger partial charge in [-0.05, 0) is 74.3 Å².